The van der Waals surface area contributed by atoms with Gasteiger partial charge in [-0.25, -0.2) is 20.0 Å². The van der Waals surface area contributed by atoms with Crippen LogP contribution in [0, 0.1) is 0 Å². The van der Waals surface area contributed by atoms with E-state index in [9.17, 15) is 14.7 Å². The molecule has 0 spiro atoms. The first-order chi connectivity index (χ1) is 10.4. The molecule has 0 saturated heterocycles. The number of nitrogens with zero attached hydrogens (tertiary/aromatic N) is 1. The highest BCUT2D eigenvalue weighted by Gasteiger charge is 2.30. The molecule has 1 atom stereocenters. The molecule has 0 saturated carbocycles. The van der Waals surface area contributed by atoms with Crippen LogP contribution in [0.3, 0.4) is 0 Å². The molecule has 0 unspecified atom stereocenters. The van der Waals surface area contributed by atoms with Crippen LogP contribution in [-0.4, -0.2) is 46.2 Å². The SMILES string of the molecule is C/C=C/C[C@@H](CO)N(NC(=O)OC(C)(C)C)C(=O)OC(C)(C)C. The lowest BCUT2D eigenvalue weighted by atomic mass is 10.2. The summed E-state index contributed by atoms with van der Waals surface area (Å²) in [6.07, 6.45) is 2.40. The molecule has 0 bridgehead atoms. The maximum Gasteiger partial charge on any atom is 0.429 e. The lowest BCUT2D eigenvalue weighted by molar-refractivity contribution is -0.0160. The molecular weight excluding hydrogens is 300 g/mol. The van der Waals surface area contributed by atoms with E-state index in [1.807, 2.05) is 6.92 Å². The quantitative estimate of drug-likeness (QED) is 0.611. The fraction of sp³-hybridized carbons (Fsp3) is 0.750. The highest BCUT2D eigenvalue weighted by Crippen LogP contribution is 2.13. The summed E-state index contributed by atoms with van der Waals surface area (Å²) in [4.78, 5) is 24.3. The van der Waals surface area contributed by atoms with Crippen LogP contribution in [0.5, 0.6) is 0 Å². The second-order valence-corrected chi connectivity index (χ2v) is 7.11. The van der Waals surface area contributed by atoms with Gasteiger partial charge in [0.1, 0.15) is 11.2 Å². The van der Waals surface area contributed by atoms with Crippen molar-refractivity contribution in [2.75, 3.05) is 6.61 Å². The zero-order chi connectivity index (χ0) is 18.3. The van der Waals surface area contributed by atoms with Crippen molar-refractivity contribution in [3.05, 3.63) is 12.2 Å². The van der Waals surface area contributed by atoms with Crippen LogP contribution in [-0.2, 0) is 9.47 Å². The minimum absolute atomic E-state index is 0.334. The zero-order valence-electron chi connectivity index (χ0n) is 15.2. The van der Waals surface area contributed by atoms with E-state index in [0.717, 1.165) is 5.01 Å². The van der Waals surface area contributed by atoms with Gasteiger partial charge in [-0.1, -0.05) is 12.2 Å². The predicted molar refractivity (Wildman–Crippen MR) is 87.7 cm³/mol. The molecule has 0 aliphatic rings. The first-order valence-corrected chi connectivity index (χ1v) is 7.63. The van der Waals surface area contributed by atoms with Crippen molar-refractivity contribution in [1.82, 2.24) is 10.4 Å². The smallest absolute Gasteiger partial charge is 0.429 e. The number of amides is 2. The molecule has 0 aliphatic heterocycles. The summed E-state index contributed by atoms with van der Waals surface area (Å²) in [6, 6.07) is -0.659. The Morgan fingerprint density at radius 3 is 2.04 bits per heavy atom. The van der Waals surface area contributed by atoms with Crippen molar-refractivity contribution in [1.29, 1.82) is 0 Å². The molecule has 2 N–H and O–H groups in total. The Bertz CT molecular complexity index is 421. The van der Waals surface area contributed by atoms with E-state index in [1.165, 1.54) is 0 Å². The number of carbonyl (C=O) groups excluding carboxylic acids is 2. The summed E-state index contributed by atoms with van der Waals surface area (Å²) in [5.41, 5.74) is 0.922. The van der Waals surface area contributed by atoms with Gasteiger partial charge in [0.15, 0.2) is 0 Å². The number of aliphatic hydroxyl groups excluding tert-OH is 1. The van der Waals surface area contributed by atoms with Crippen molar-refractivity contribution in [2.24, 2.45) is 0 Å². The van der Waals surface area contributed by atoms with Crippen LogP contribution >= 0.6 is 0 Å². The third-order valence-electron chi connectivity index (χ3n) is 2.42. The molecule has 0 radical (unpaired) electrons. The molecule has 7 nitrogen and oxygen atoms in total. The second-order valence-electron chi connectivity index (χ2n) is 7.11. The van der Waals surface area contributed by atoms with Crippen LogP contribution < -0.4 is 5.43 Å². The molecular formula is C16H30N2O5. The third-order valence-corrected chi connectivity index (χ3v) is 2.42. The van der Waals surface area contributed by atoms with E-state index in [2.05, 4.69) is 5.43 Å². The molecule has 0 aromatic heterocycles. The van der Waals surface area contributed by atoms with Crippen molar-refractivity contribution in [2.45, 2.75) is 72.1 Å². The molecule has 0 rings (SSSR count). The van der Waals surface area contributed by atoms with Gasteiger partial charge in [0.05, 0.1) is 12.6 Å². The number of allylic oxidation sites excluding steroid dienone is 1. The molecule has 23 heavy (non-hydrogen) atoms. The van der Waals surface area contributed by atoms with Crippen LogP contribution in [0.15, 0.2) is 12.2 Å². The summed E-state index contributed by atoms with van der Waals surface area (Å²) >= 11 is 0. The number of ether oxygens (including phenoxy) is 2. The van der Waals surface area contributed by atoms with E-state index in [1.54, 1.807) is 53.7 Å². The number of hydrogen-bond acceptors (Lipinski definition) is 5. The summed E-state index contributed by atoms with van der Waals surface area (Å²) < 4.78 is 10.4. The van der Waals surface area contributed by atoms with Crippen LogP contribution in [0.2, 0.25) is 0 Å². The third kappa shape index (κ3) is 9.78. The lowest BCUT2D eigenvalue weighted by Crippen LogP contribution is -2.55. The number of nitrogens with one attached hydrogen (secondary N) is 1. The first-order valence-electron chi connectivity index (χ1n) is 7.63. The number of rotatable bonds is 4. The average molecular weight is 330 g/mol. The average Bonchev–Trinajstić information content (AvgIpc) is 2.33. The fourth-order valence-corrected chi connectivity index (χ4v) is 1.55. The Kier molecular flexibility index (Phi) is 8.09. The fourth-order valence-electron chi connectivity index (χ4n) is 1.55. The standard InChI is InChI=1S/C16H30N2O5/c1-8-9-10-12(11-19)18(14(21)23-16(5,6)7)17-13(20)22-15(2,3)4/h8-9,12,19H,10-11H2,1-7H3,(H,17,20)/b9-8+/t12-/m0/s1. The molecule has 0 fully saturated rings. The van der Waals surface area contributed by atoms with Gasteiger partial charge in [0.2, 0.25) is 0 Å². The Hall–Kier alpha value is -1.76. The highest BCUT2D eigenvalue weighted by molar-refractivity contribution is 5.74. The van der Waals surface area contributed by atoms with Crippen molar-refractivity contribution in [3.8, 4) is 0 Å². The maximum absolute atomic E-state index is 12.3. The second kappa shape index (κ2) is 8.76. The van der Waals surface area contributed by atoms with Gasteiger partial charge in [-0.05, 0) is 54.9 Å². The molecule has 0 heterocycles. The summed E-state index contributed by atoms with van der Waals surface area (Å²) in [7, 11) is 0. The van der Waals surface area contributed by atoms with Gasteiger partial charge >= 0.3 is 12.2 Å². The molecule has 0 aromatic carbocycles. The first kappa shape index (κ1) is 21.2. The molecule has 134 valence electrons. The van der Waals surface area contributed by atoms with Crippen molar-refractivity contribution < 1.29 is 24.2 Å². The Morgan fingerprint density at radius 1 is 1.13 bits per heavy atom. The van der Waals surface area contributed by atoms with E-state index in [4.69, 9.17) is 9.47 Å². The Morgan fingerprint density at radius 2 is 1.65 bits per heavy atom. The van der Waals surface area contributed by atoms with Gasteiger partial charge in [0.25, 0.3) is 0 Å². The van der Waals surface area contributed by atoms with Crippen LogP contribution in [0.25, 0.3) is 0 Å². The monoisotopic (exact) mass is 330 g/mol. The lowest BCUT2D eigenvalue weighted by Gasteiger charge is -2.32. The number of carbonyl (C=O) groups is 2. The summed E-state index contributed by atoms with van der Waals surface area (Å²) in [5.74, 6) is 0. The Balaban J connectivity index is 5.19. The van der Waals surface area contributed by atoms with Gasteiger partial charge in [-0.15, -0.1) is 0 Å². The molecule has 2 amide bonds. The number of hydrazine groups is 1. The normalized spacial score (nSPS) is 13.6. The minimum atomic E-state index is -0.790. The van der Waals surface area contributed by atoms with Crippen molar-refractivity contribution >= 4 is 12.2 Å². The molecule has 0 aliphatic carbocycles. The Labute approximate surface area is 138 Å². The summed E-state index contributed by atoms with van der Waals surface area (Å²) in [5, 5.41) is 10.5. The van der Waals surface area contributed by atoms with Gasteiger partial charge < -0.3 is 14.6 Å². The number of hydrogen-bond donors (Lipinski definition) is 2. The highest BCUT2D eigenvalue weighted by atomic mass is 16.6. The van der Waals surface area contributed by atoms with E-state index >= 15 is 0 Å². The topological polar surface area (TPSA) is 88.1 Å². The number of aliphatic hydroxyl groups is 1. The maximum atomic E-state index is 12.3. The molecule has 7 heteroatoms. The van der Waals surface area contributed by atoms with Crippen LogP contribution in [0.1, 0.15) is 54.9 Å². The van der Waals surface area contributed by atoms with Crippen molar-refractivity contribution in [3.63, 3.8) is 0 Å². The zero-order valence-corrected chi connectivity index (χ0v) is 15.2. The van der Waals surface area contributed by atoms with Gasteiger partial charge in [-0.2, -0.15) is 0 Å². The molecule has 0 aromatic rings. The van der Waals surface area contributed by atoms with Crippen LogP contribution in [0.4, 0.5) is 9.59 Å². The predicted octanol–water partition coefficient (Wildman–Crippen LogP) is 2.99. The minimum Gasteiger partial charge on any atom is -0.443 e. The van der Waals surface area contributed by atoms with Gasteiger partial charge in [-0.3, -0.25) is 0 Å². The van der Waals surface area contributed by atoms with Gasteiger partial charge in [0, 0.05) is 0 Å². The van der Waals surface area contributed by atoms with E-state index in [0.29, 0.717) is 6.42 Å². The summed E-state index contributed by atoms with van der Waals surface area (Å²) in [6.45, 7) is 11.8. The largest absolute Gasteiger partial charge is 0.443 e. The van der Waals surface area contributed by atoms with E-state index < -0.39 is 29.4 Å². The van der Waals surface area contributed by atoms with E-state index in [-0.39, 0.29) is 6.61 Å².